The van der Waals surface area contributed by atoms with Crippen molar-refractivity contribution in [2.45, 2.75) is 26.0 Å². The van der Waals surface area contributed by atoms with Crippen molar-refractivity contribution in [2.75, 3.05) is 0 Å². The van der Waals surface area contributed by atoms with Gasteiger partial charge in [0.15, 0.2) is 5.82 Å². The highest BCUT2D eigenvalue weighted by Gasteiger charge is 2.37. The summed E-state index contributed by atoms with van der Waals surface area (Å²) in [4.78, 5) is 16.1. The molecule has 3 aromatic rings. The van der Waals surface area contributed by atoms with E-state index in [-0.39, 0.29) is 23.6 Å². The fourth-order valence-electron chi connectivity index (χ4n) is 3.18. The van der Waals surface area contributed by atoms with E-state index in [9.17, 15) is 13.6 Å². The molecule has 0 atom stereocenters. The SMILES string of the molecule is CC1(C)OC(=O)c2ccc(-c3ncn(Cc4c(F)cc(C#N)cc4F)n3)cc21. The molecule has 8 heteroatoms. The number of nitriles is 1. The Hall–Kier alpha value is -3.60. The van der Waals surface area contributed by atoms with Gasteiger partial charge in [-0.25, -0.2) is 23.2 Å². The fraction of sp³-hybridized carbons (Fsp3) is 0.200. The molecule has 0 radical (unpaired) electrons. The largest absolute Gasteiger partial charge is 0.451 e. The second kappa shape index (κ2) is 6.23. The number of carbonyl (C=O) groups excluding carboxylic acids is 1. The molecule has 0 fully saturated rings. The number of fused-ring (bicyclic) bond motifs is 1. The normalized spacial score (nSPS) is 14.5. The molecule has 1 aliphatic heterocycles. The summed E-state index contributed by atoms with van der Waals surface area (Å²) >= 11 is 0. The van der Waals surface area contributed by atoms with Gasteiger partial charge in [-0.05, 0) is 38.1 Å². The van der Waals surface area contributed by atoms with Crippen LogP contribution in [0.5, 0.6) is 0 Å². The smallest absolute Gasteiger partial charge is 0.339 e. The highest BCUT2D eigenvalue weighted by atomic mass is 19.1. The molecule has 140 valence electrons. The van der Waals surface area contributed by atoms with Gasteiger partial charge in [0.2, 0.25) is 0 Å². The lowest BCUT2D eigenvalue weighted by Gasteiger charge is -2.17. The molecule has 1 aromatic heterocycles. The first-order chi connectivity index (χ1) is 13.3. The zero-order valence-electron chi connectivity index (χ0n) is 15.0. The molecule has 0 aliphatic carbocycles. The maximum Gasteiger partial charge on any atom is 0.339 e. The lowest BCUT2D eigenvalue weighted by atomic mass is 9.94. The number of ether oxygens (including phenoxy) is 1. The number of carbonyl (C=O) groups is 1. The van der Waals surface area contributed by atoms with E-state index in [1.807, 2.05) is 0 Å². The number of hydrogen-bond acceptors (Lipinski definition) is 5. The average molecular weight is 380 g/mol. The predicted octanol–water partition coefficient (Wildman–Crippen LogP) is 3.55. The molecule has 2 aromatic carbocycles. The summed E-state index contributed by atoms with van der Waals surface area (Å²) in [6.07, 6.45) is 1.37. The minimum Gasteiger partial charge on any atom is -0.451 e. The third-order valence-corrected chi connectivity index (χ3v) is 4.62. The van der Waals surface area contributed by atoms with E-state index in [1.165, 1.54) is 11.0 Å². The summed E-state index contributed by atoms with van der Waals surface area (Å²) in [6.45, 7) is 3.42. The second-order valence-electron chi connectivity index (χ2n) is 6.96. The summed E-state index contributed by atoms with van der Waals surface area (Å²) < 4.78 is 34.8. The summed E-state index contributed by atoms with van der Waals surface area (Å²) in [5.74, 6) is -1.66. The zero-order chi connectivity index (χ0) is 20.1. The highest BCUT2D eigenvalue weighted by Crippen LogP contribution is 2.37. The molecule has 1 aliphatic rings. The molecule has 6 nitrogen and oxygen atoms in total. The Kier molecular flexibility index (Phi) is 3.96. The van der Waals surface area contributed by atoms with Crippen LogP contribution in [0, 0.1) is 23.0 Å². The molecular weight excluding hydrogens is 366 g/mol. The molecular formula is C20H14F2N4O2. The van der Waals surface area contributed by atoms with Crippen LogP contribution in [0.2, 0.25) is 0 Å². The monoisotopic (exact) mass is 380 g/mol. The van der Waals surface area contributed by atoms with Gasteiger partial charge in [-0.3, -0.25) is 0 Å². The van der Waals surface area contributed by atoms with Gasteiger partial charge in [-0.2, -0.15) is 10.4 Å². The average Bonchev–Trinajstić information content (AvgIpc) is 3.20. The van der Waals surface area contributed by atoms with Gasteiger partial charge in [0.25, 0.3) is 0 Å². The van der Waals surface area contributed by atoms with Crippen LogP contribution < -0.4 is 0 Å². The van der Waals surface area contributed by atoms with Crippen molar-refractivity contribution in [1.82, 2.24) is 14.8 Å². The molecule has 0 saturated carbocycles. The Bertz CT molecular complexity index is 1140. The Morgan fingerprint density at radius 1 is 1.21 bits per heavy atom. The van der Waals surface area contributed by atoms with Crippen LogP contribution >= 0.6 is 0 Å². The van der Waals surface area contributed by atoms with E-state index in [2.05, 4.69) is 10.1 Å². The quantitative estimate of drug-likeness (QED) is 0.649. The fourth-order valence-corrected chi connectivity index (χ4v) is 3.18. The number of rotatable bonds is 3. The number of esters is 1. The molecule has 0 saturated heterocycles. The summed E-state index contributed by atoms with van der Waals surface area (Å²) in [6, 6.07) is 8.80. The highest BCUT2D eigenvalue weighted by molar-refractivity contribution is 5.95. The lowest BCUT2D eigenvalue weighted by Crippen LogP contribution is -2.16. The van der Waals surface area contributed by atoms with Crippen molar-refractivity contribution in [3.8, 4) is 17.5 Å². The number of benzene rings is 2. The summed E-state index contributed by atoms with van der Waals surface area (Å²) in [5, 5.41) is 13.0. The standard InChI is InChI=1S/C20H14F2N4O2/c1-20(2)15-7-12(3-4-13(15)19(27)28-20)18-24-10-26(25-18)9-14-16(21)5-11(8-23)6-17(14)22/h3-7,10H,9H2,1-2H3. The molecule has 0 bridgehead atoms. The molecule has 4 rings (SSSR count). The van der Waals surface area contributed by atoms with Gasteiger partial charge >= 0.3 is 5.97 Å². The van der Waals surface area contributed by atoms with E-state index in [4.69, 9.17) is 10.00 Å². The van der Waals surface area contributed by atoms with E-state index >= 15 is 0 Å². The van der Waals surface area contributed by atoms with Crippen LogP contribution in [-0.2, 0) is 16.9 Å². The summed E-state index contributed by atoms with van der Waals surface area (Å²) in [7, 11) is 0. The number of cyclic esters (lactones) is 1. The maximum atomic E-state index is 14.1. The molecule has 0 spiro atoms. The van der Waals surface area contributed by atoms with Gasteiger partial charge in [0.1, 0.15) is 23.6 Å². The first-order valence-electron chi connectivity index (χ1n) is 8.44. The van der Waals surface area contributed by atoms with Gasteiger partial charge in [0.05, 0.1) is 23.7 Å². The van der Waals surface area contributed by atoms with Gasteiger partial charge in [-0.15, -0.1) is 0 Å². The number of halogens is 2. The van der Waals surface area contributed by atoms with E-state index in [0.717, 1.165) is 17.7 Å². The van der Waals surface area contributed by atoms with Gasteiger partial charge in [0, 0.05) is 16.7 Å². The van der Waals surface area contributed by atoms with Gasteiger partial charge in [-0.1, -0.05) is 6.07 Å². The predicted molar refractivity (Wildman–Crippen MR) is 94.1 cm³/mol. The van der Waals surface area contributed by atoms with Crippen molar-refractivity contribution in [3.05, 3.63) is 70.5 Å². The van der Waals surface area contributed by atoms with E-state index < -0.39 is 17.2 Å². The number of nitrogens with zero attached hydrogens (tertiary/aromatic N) is 4. The first kappa shape index (κ1) is 17.8. The van der Waals surface area contributed by atoms with Crippen LogP contribution in [0.3, 0.4) is 0 Å². The molecule has 2 heterocycles. The van der Waals surface area contributed by atoms with Crippen LogP contribution in [0.1, 0.15) is 40.9 Å². The third kappa shape index (κ3) is 2.91. The molecule has 0 N–H and O–H groups in total. The second-order valence-corrected chi connectivity index (χ2v) is 6.96. The van der Waals surface area contributed by atoms with Gasteiger partial charge < -0.3 is 4.74 Å². The van der Waals surface area contributed by atoms with E-state index in [1.54, 1.807) is 38.1 Å². The van der Waals surface area contributed by atoms with Crippen molar-refractivity contribution in [2.24, 2.45) is 0 Å². The number of hydrogen-bond donors (Lipinski definition) is 0. The lowest BCUT2D eigenvalue weighted by molar-refractivity contribution is 0.00955. The van der Waals surface area contributed by atoms with Crippen molar-refractivity contribution in [3.63, 3.8) is 0 Å². The minimum atomic E-state index is -0.816. The van der Waals surface area contributed by atoms with Crippen molar-refractivity contribution >= 4 is 5.97 Å². The summed E-state index contributed by atoms with van der Waals surface area (Å²) in [5.41, 5.74) is 0.842. The Labute approximate surface area is 159 Å². The zero-order valence-corrected chi connectivity index (χ0v) is 15.0. The Morgan fingerprint density at radius 2 is 1.93 bits per heavy atom. The van der Waals surface area contributed by atoms with Crippen LogP contribution in [0.25, 0.3) is 11.4 Å². The molecule has 0 amide bonds. The molecule has 0 unspecified atom stereocenters. The maximum absolute atomic E-state index is 14.1. The van der Waals surface area contributed by atoms with Crippen LogP contribution in [-0.4, -0.2) is 20.7 Å². The Morgan fingerprint density at radius 3 is 2.61 bits per heavy atom. The Balaban J connectivity index is 1.65. The van der Waals surface area contributed by atoms with E-state index in [0.29, 0.717) is 17.0 Å². The van der Waals surface area contributed by atoms with Crippen LogP contribution in [0.4, 0.5) is 8.78 Å². The molecule has 28 heavy (non-hydrogen) atoms. The van der Waals surface area contributed by atoms with Crippen molar-refractivity contribution < 1.29 is 18.3 Å². The first-order valence-corrected chi connectivity index (χ1v) is 8.44. The van der Waals surface area contributed by atoms with Crippen LogP contribution in [0.15, 0.2) is 36.7 Å². The third-order valence-electron chi connectivity index (χ3n) is 4.62. The minimum absolute atomic E-state index is 0.0875. The number of aromatic nitrogens is 3. The van der Waals surface area contributed by atoms with Crippen molar-refractivity contribution in [1.29, 1.82) is 5.26 Å². The topological polar surface area (TPSA) is 80.8 Å².